The Morgan fingerprint density at radius 2 is 1.94 bits per heavy atom. The molecule has 2 aromatic carbocycles. The maximum Gasteiger partial charge on any atom is 0.266 e. The normalized spacial score (nSPS) is 17.8. The Balaban J connectivity index is 1.69. The van der Waals surface area contributed by atoms with Crippen LogP contribution in [0.3, 0.4) is 0 Å². The molecule has 0 bridgehead atoms. The zero-order chi connectivity index (χ0) is 23.8. The van der Waals surface area contributed by atoms with Gasteiger partial charge in [0.2, 0.25) is 10.0 Å². The molecule has 9 heteroatoms. The number of rotatable bonds is 6. The molecule has 1 unspecified atom stereocenters. The number of methoxy groups -OCH3 is 1. The predicted octanol–water partition coefficient (Wildman–Crippen LogP) is 4.14. The summed E-state index contributed by atoms with van der Waals surface area (Å²) in [7, 11) is -2.28. The molecule has 1 atom stereocenters. The van der Waals surface area contributed by atoms with E-state index in [2.05, 4.69) is 37.0 Å². The topological polar surface area (TPSA) is 81.0 Å². The number of benzene rings is 2. The Labute approximate surface area is 198 Å². The predicted molar refractivity (Wildman–Crippen MR) is 130 cm³/mol. The highest BCUT2D eigenvalue weighted by molar-refractivity contribution is 7.89. The van der Waals surface area contributed by atoms with Crippen molar-refractivity contribution >= 4 is 37.5 Å². The van der Waals surface area contributed by atoms with Gasteiger partial charge < -0.3 is 9.30 Å². The number of thiazole rings is 1. The zero-order valence-corrected chi connectivity index (χ0v) is 20.9. The Kier molecular flexibility index (Phi) is 6.74. The van der Waals surface area contributed by atoms with Crippen LogP contribution in [0.1, 0.15) is 45.1 Å². The molecule has 33 heavy (non-hydrogen) atoms. The van der Waals surface area contributed by atoms with Crippen molar-refractivity contribution in [2.75, 3.05) is 13.7 Å². The molecule has 1 amide bonds. The van der Waals surface area contributed by atoms with Crippen molar-refractivity contribution in [1.29, 1.82) is 0 Å². The standard InChI is InChI=1S/C24H29N3O4S2/c1-5-26-20-13-8-17(16(2)3)15-22(20)32-24(26)25-23(28)21-7-6-14-27(21)33(29,30)19-11-9-18(31-4)10-12-19/h8-13,15-16,21H,5-7,14H2,1-4H3. The minimum absolute atomic E-state index is 0.148. The van der Waals surface area contributed by atoms with Crippen molar-refractivity contribution in [2.45, 2.75) is 57.0 Å². The summed E-state index contributed by atoms with van der Waals surface area (Å²) in [4.78, 5) is 18.4. The van der Waals surface area contributed by atoms with Crippen LogP contribution in [0.15, 0.2) is 52.4 Å². The highest BCUT2D eigenvalue weighted by atomic mass is 32.2. The van der Waals surface area contributed by atoms with Crippen LogP contribution in [0, 0.1) is 0 Å². The molecule has 1 aliphatic heterocycles. The number of ether oxygens (including phenoxy) is 1. The average molecular weight is 488 g/mol. The van der Waals surface area contributed by atoms with Gasteiger partial charge in [0.1, 0.15) is 11.8 Å². The summed E-state index contributed by atoms with van der Waals surface area (Å²) in [5, 5.41) is 0. The van der Waals surface area contributed by atoms with Crippen LogP contribution in [0.25, 0.3) is 10.2 Å². The third-order valence-electron chi connectivity index (χ3n) is 6.05. The summed E-state index contributed by atoms with van der Waals surface area (Å²) in [6.07, 6.45) is 1.09. The molecule has 1 aliphatic rings. The Morgan fingerprint density at radius 1 is 1.21 bits per heavy atom. The Hall–Kier alpha value is -2.49. The molecule has 1 fully saturated rings. The number of sulfonamides is 1. The first kappa shape index (κ1) is 23.7. The largest absolute Gasteiger partial charge is 0.497 e. The van der Waals surface area contributed by atoms with Crippen molar-refractivity contribution in [2.24, 2.45) is 4.99 Å². The molecule has 0 aliphatic carbocycles. The Bertz CT molecular complexity index is 1340. The molecule has 0 radical (unpaired) electrons. The van der Waals surface area contributed by atoms with Gasteiger partial charge in [-0.25, -0.2) is 8.42 Å². The number of hydrogen-bond donors (Lipinski definition) is 0. The van der Waals surface area contributed by atoms with Gasteiger partial charge in [-0.1, -0.05) is 31.3 Å². The van der Waals surface area contributed by atoms with Crippen molar-refractivity contribution < 1.29 is 17.9 Å². The lowest BCUT2D eigenvalue weighted by atomic mass is 10.0. The van der Waals surface area contributed by atoms with Crippen LogP contribution >= 0.6 is 11.3 Å². The SMILES string of the molecule is CCn1c(=NC(=O)C2CCCN2S(=O)(=O)c2ccc(OC)cc2)sc2cc(C(C)C)ccc21. The van der Waals surface area contributed by atoms with Crippen LogP contribution in [0.2, 0.25) is 0 Å². The number of amides is 1. The van der Waals surface area contributed by atoms with E-state index in [0.29, 0.717) is 42.4 Å². The number of hydrogen-bond acceptors (Lipinski definition) is 5. The fourth-order valence-electron chi connectivity index (χ4n) is 4.17. The molecule has 7 nitrogen and oxygen atoms in total. The quantitative estimate of drug-likeness (QED) is 0.523. The molecule has 3 aromatic rings. The molecular weight excluding hydrogens is 458 g/mol. The first-order valence-electron chi connectivity index (χ1n) is 11.1. The van der Waals surface area contributed by atoms with Crippen molar-refractivity contribution in [3.05, 3.63) is 52.8 Å². The van der Waals surface area contributed by atoms with Gasteiger partial charge in [-0.15, -0.1) is 0 Å². The monoisotopic (exact) mass is 487 g/mol. The lowest BCUT2D eigenvalue weighted by Crippen LogP contribution is -2.40. The van der Waals surface area contributed by atoms with E-state index in [-0.39, 0.29) is 4.90 Å². The van der Waals surface area contributed by atoms with Gasteiger partial charge in [0.25, 0.3) is 5.91 Å². The molecule has 0 N–H and O–H groups in total. The van der Waals surface area contributed by atoms with Gasteiger partial charge in [-0.2, -0.15) is 9.30 Å². The van der Waals surface area contributed by atoms with Gasteiger partial charge in [0.05, 0.1) is 22.2 Å². The molecule has 1 aromatic heterocycles. The number of aryl methyl sites for hydroxylation is 1. The third-order valence-corrected chi connectivity index (χ3v) is 9.01. The highest BCUT2D eigenvalue weighted by Crippen LogP contribution is 2.28. The number of carbonyl (C=O) groups is 1. The Morgan fingerprint density at radius 3 is 2.58 bits per heavy atom. The second kappa shape index (κ2) is 9.40. The van der Waals surface area contributed by atoms with Crippen LogP contribution < -0.4 is 9.54 Å². The van der Waals surface area contributed by atoms with E-state index in [1.165, 1.54) is 40.4 Å². The summed E-state index contributed by atoms with van der Waals surface area (Å²) in [5.41, 5.74) is 2.27. The maximum atomic E-state index is 13.3. The van der Waals surface area contributed by atoms with Crippen LogP contribution in [-0.2, 0) is 21.4 Å². The smallest absolute Gasteiger partial charge is 0.266 e. The fourth-order valence-corrected chi connectivity index (χ4v) is 6.96. The van der Waals surface area contributed by atoms with E-state index in [1.807, 2.05) is 11.5 Å². The molecule has 176 valence electrons. The van der Waals surface area contributed by atoms with Crippen molar-refractivity contribution in [3.8, 4) is 5.75 Å². The van der Waals surface area contributed by atoms with Gasteiger partial charge in [0, 0.05) is 13.1 Å². The summed E-state index contributed by atoms with van der Waals surface area (Å²) in [6, 6.07) is 11.8. The minimum atomic E-state index is -3.81. The zero-order valence-electron chi connectivity index (χ0n) is 19.3. The van der Waals surface area contributed by atoms with Gasteiger partial charge in [-0.3, -0.25) is 4.79 Å². The van der Waals surface area contributed by atoms with Crippen LogP contribution in [0.5, 0.6) is 5.75 Å². The van der Waals surface area contributed by atoms with Crippen LogP contribution in [0.4, 0.5) is 0 Å². The highest BCUT2D eigenvalue weighted by Gasteiger charge is 2.39. The molecule has 1 saturated heterocycles. The van der Waals surface area contributed by atoms with E-state index in [9.17, 15) is 13.2 Å². The van der Waals surface area contributed by atoms with Gasteiger partial charge >= 0.3 is 0 Å². The first-order chi connectivity index (χ1) is 15.8. The number of aromatic nitrogens is 1. The average Bonchev–Trinajstić information content (AvgIpc) is 3.43. The summed E-state index contributed by atoms with van der Waals surface area (Å²) in [6.45, 7) is 7.29. The lowest BCUT2D eigenvalue weighted by molar-refractivity contribution is -0.121. The first-order valence-corrected chi connectivity index (χ1v) is 13.4. The maximum absolute atomic E-state index is 13.3. The number of fused-ring (bicyclic) bond motifs is 1. The molecule has 0 spiro atoms. The molecule has 0 saturated carbocycles. The number of carbonyl (C=O) groups excluding carboxylic acids is 1. The van der Waals surface area contributed by atoms with Gasteiger partial charge in [-0.05, 0) is 67.6 Å². The van der Waals surface area contributed by atoms with E-state index in [1.54, 1.807) is 12.1 Å². The number of nitrogens with zero attached hydrogens (tertiary/aromatic N) is 3. The summed E-state index contributed by atoms with van der Waals surface area (Å²) >= 11 is 1.47. The summed E-state index contributed by atoms with van der Waals surface area (Å²) in [5.74, 6) is 0.568. The second-order valence-corrected chi connectivity index (χ2v) is 11.3. The minimum Gasteiger partial charge on any atom is -0.497 e. The van der Waals surface area contributed by atoms with E-state index in [4.69, 9.17) is 4.74 Å². The fraction of sp³-hybridized carbons (Fsp3) is 0.417. The van der Waals surface area contributed by atoms with Crippen LogP contribution in [-0.4, -0.2) is 42.9 Å². The summed E-state index contributed by atoms with van der Waals surface area (Å²) < 4.78 is 36.0. The van der Waals surface area contributed by atoms with Gasteiger partial charge in [0.15, 0.2) is 4.80 Å². The van der Waals surface area contributed by atoms with E-state index >= 15 is 0 Å². The molecular formula is C24H29N3O4S2. The van der Waals surface area contributed by atoms with Crippen molar-refractivity contribution in [1.82, 2.24) is 8.87 Å². The van der Waals surface area contributed by atoms with E-state index in [0.717, 1.165) is 10.2 Å². The molecule has 2 heterocycles. The lowest BCUT2D eigenvalue weighted by Gasteiger charge is -2.21. The second-order valence-electron chi connectivity index (χ2n) is 8.41. The third kappa shape index (κ3) is 4.49. The van der Waals surface area contributed by atoms with E-state index < -0.39 is 22.0 Å². The van der Waals surface area contributed by atoms with Crippen molar-refractivity contribution in [3.63, 3.8) is 0 Å². The molecule has 4 rings (SSSR count).